The third-order valence-corrected chi connectivity index (χ3v) is 4.37. The molecule has 0 heterocycles. The van der Waals surface area contributed by atoms with E-state index in [0.29, 0.717) is 12.2 Å². The lowest BCUT2D eigenvalue weighted by Crippen LogP contribution is -2.46. The molecule has 2 N–H and O–H groups in total. The average Bonchev–Trinajstić information content (AvgIpc) is 2.37. The molecular weight excluding hydrogens is 278 g/mol. The van der Waals surface area contributed by atoms with Gasteiger partial charge in [0.15, 0.2) is 9.84 Å². The summed E-state index contributed by atoms with van der Waals surface area (Å²) in [5.41, 5.74) is -0.423. The number of aliphatic hydroxyl groups excluding tert-OH is 1. The van der Waals surface area contributed by atoms with E-state index in [1.807, 2.05) is 13.8 Å². The first kappa shape index (κ1) is 16.9. The molecule has 20 heavy (non-hydrogen) atoms. The monoisotopic (exact) mass is 301 g/mol. The van der Waals surface area contributed by atoms with Crippen LogP contribution in [-0.2, 0) is 9.84 Å². The first-order valence-corrected chi connectivity index (χ1v) is 8.36. The first-order valence-electron chi connectivity index (χ1n) is 6.47. The predicted octanol–water partition coefficient (Wildman–Crippen LogP) is 1.22. The van der Waals surface area contributed by atoms with E-state index < -0.39 is 15.4 Å². The van der Waals surface area contributed by atoms with Crippen LogP contribution in [0.5, 0.6) is 5.75 Å². The molecular formula is C14H23NO4S. The Morgan fingerprint density at radius 2 is 2.10 bits per heavy atom. The Kier molecular flexibility index (Phi) is 5.56. The lowest BCUT2D eigenvalue weighted by atomic mass is 9.96. The Morgan fingerprint density at radius 1 is 1.45 bits per heavy atom. The molecule has 1 rings (SSSR count). The molecule has 5 nitrogen and oxygen atoms in total. The van der Waals surface area contributed by atoms with Crippen molar-refractivity contribution in [1.29, 1.82) is 0 Å². The molecule has 0 aliphatic rings. The molecule has 0 radical (unpaired) electrons. The Labute approximate surface area is 120 Å². The lowest BCUT2D eigenvalue weighted by molar-refractivity contribution is 0.115. The van der Waals surface area contributed by atoms with Gasteiger partial charge in [-0.2, -0.15) is 0 Å². The molecule has 0 amide bonds. The van der Waals surface area contributed by atoms with Gasteiger partial charge in [0.1, 0.15) is 5.75 Å². The van der Waals surface area contributed by atoms with Crippen molar-refractivity contribution < 1.29 is 18.3 Å². The molecule has 6 heteroatoms. The van der Waals surface area contributed by atoms with Crippen molar-refractivity contribution in [3.8, 4) is 5.75 Å². The number of hydrogen-bond donors (Lipinski definition) is 2. The minimum Gasteiger partial charge on any atom is -0.491 e. The summed E-state index contributed by atoms with van der Waals surface area (Å²) >= 11 is 0. The second-order valence-electron chi connectivity index (χ2n) is 5.35. The Balaban J connectivity index is 2.79. The van der Waals surface area contributed by atoms with Gasteiger partial charge in [0.25, 0.3) is 0 Å². The molecule has 0 bridgehead atoms. The van der Waals surface area contributed by atoms with E-state index in [1.165, 1.54) is 18.4 Å². The standard InChI is InChI=1S/C14H23NO4S/c1-11(9-14(2,10-16)15-3)19-12-6-5-7-13(8-12)20(4,17)18/h5-8,11,15-16H,9-10H2,1-4H3. The second kappa shape index (κ2) is 6.56. The van der Waals surface area contributed by atoms with E-state index in [0.717, 1.165) is 0 Å². The van der Waals surface area contributed by atoms with Gasteiger partial charge in [-0.1, -0.05) is 6.07 Å². The zero-order valence-electron chi connectivity index (χ0n) is 12.4. The molecule has 114 valence electrons. The van der Waals surface area contributed by atoms with Crippen molar-refractivity contribution >= 4 is 9.84 Å². The van der Waals surface area contributed by atoms with Gasteiger partial charge >= 0.3 is 0 Å². The van der Waals surface area contributed by atoms with Gasteiger partial charge in [0.05, 0.1) is 17.6 Å². The Hall–Kier alpha value is -1.11. The SMILES string of the molecule is CNC(C)(CO)CC(C)Oc1cccc(S(C)(=O)=O)c1. The molecule has 0 spiro atoms. The van der Waals surface area contributed by atoms with Crippen molar-refractivity contribution in [2.24, 2.45) is 0 Å². The van der Waals surface area contributed by atoms with Gasteiger partial charge in [-0.3, -0.25) is 0 Å². The van der Waals surface area contributed by atoms with Crippen LogP contribution in [-0.4, -0.2) is 45.1 Å². The van der Waals surface area contributed by atoms with Crippen LogP contribution in [0.1, 0.15) is 20.3 Å². The summed E-state index contributed by atoms with van der Waals surface area (Å²) in [5.74, 6) is 0.511. The summed E-state index contributed by atoms with van der Waals surface area (Å²) in [5, 5.41) is 12.4. The zero-order valence-corrected chi connectivity index (χ0v) is 13.2. The molecule has 0 saturated carbocycles. The van der Waals surface area contributed by atoms with E-state index in [-0.39, 0.29) is 17.6 Å². The highest BCUT2D eigenvalue weighted by Crippen LogP contribution is 2.21. The second-order valence-corrected chi connectivity index (χ2v) is 7.36. The highest BCUT2D eigenvalue weighted by Gasteiger charge is 2.24. The van der Waals surface area contributed by atoms with Crippen LogP contribution in [0, 0.1) is 0 Å². The quantitative estimate of drug-likeness (QED) is 0.792. The van der Waals surface area contributed by atoms with Crippen LogP contribution in [0.4, 0.5) is 0 Å². The van der Waals surface area contributed by atoms with Crippen LogP contribution in [0.2, 0.25) is 0 Å². The number of ether oxygens (including phenoxy) is 1. The first-order chi connectivity index (χ1) is 9.20. The third kappa shape index (κ3) is 4.77. The number of sulfone groups is 1. The lowest BCUT2D eigenvalue weighted by Gasteiger charge is -2.30. The predicted molar refractivity (Wildman–Crippen MR) is 78.8 cm³/mol. The van der Waals surface area contributed by atoms with Crippen molar-refractivity contribution in [2.45, 2.75) is 36.8 Å². The van der Waals surface area contributed by atoms with E-state index in [4.69, 9.17) is 4.74 Å². The molecule has 0 saturated heterocycles. The van der Waals surface area contributed by atoms with Gasteiger partial charge < -0.3 is 15.2 Å². The molecule has 2 unspecified atom stereocenters. The van der Waals surface area contributed by atoms with Gasteiger partial charge in [-0.05, 0) is 39.1 Å². The minimum atomic E-state index is -3.24. The fraction of sp³-hybridized carbons (Fsp3) is 0.571. The topological polar surface area (TPSA) is 75.6 Å². The third-order valence-electron chi connectivity index (χ3n) is 3.26. The fourth-order valence-corrected chi connectivity index (χ4v) is 2.59. The maximum Gasteiger partial charge on any atom is 0.175 e. The van der Waals surface area contributed by atoms with Crippen LogP contribution >= 0.6 is 0 Å². The number of aliphatic hydroxyl groups is 1. The number of benzene rings is 1. The summed E-state index contributed by atoms with van der Waals surface area (Å²) in [7, 11) is -1.45. The molecule has 0 aliphatic heterocycles. The molecule has 0 aromatic heterocycles. The van der Waals surface area contributed by atoms with Crippen LogP contribution < -0.4 is 10.1 Å². The summed E-state index contributed by atoms with van der Waals surface area (Å²) < 4.78 is 28.7. The van der Waals surface area contributed by atoms with E-state index >= 15 is 0 Å². The number of likely N-dealkylation sites (N-methyl/N-ethyl adjacent to an activating group) is 1. The van der Waals surface area contributed by atoms with E-state index in [2.05, 4.69) is 5.32 Å². The molecule has 0 fully saturated rings. The van der Waals surface area contributed by atoms with Crippen molar-refractivity contribution in [3.63, 3.8) is 0 Å². The maximum absolute atomic E-state index is 11.5. The van der Waals surface area contributed by atoms with Gasteiger partial charge in [0.2, 0.25) is 0 Å². The van der Waals surface area contributed by atoms with Crippen molar-refractivity contribution in [3.05, 3.63) is 24.3 Å². The largest absolute Gasteiger partial charge is 0.491 e. The molecule has 1 aromatic rings. The molecule has 0 aliphatic carbocycles. The Morgan fingerprint density at radius 3 is 2.60 bits per heavy atom. The number of nitrogens with one attached hydrogen (secondary N) is 1. The van der Waals surface area contributed by atoms with E-state index in [1.54, 1.807) is 19.2 Å². The highest BCUT2D eigenvalue weighted by atomic mass is 32.2. The van der Waals surface area contributed by atoms with Crippen LogP contribution in [0.25, 0.3) is 0 Å². The molecule has 2 atom stereocenters. The number of rotatable bonds is 7. The van der Waals surface area contributed by atoms with Crippen molar-refractivity contribution in [1.82, 2.24) is 5.32 Å². The fourth-order valence-electron chi connectivity index (χ4n) is 1.93. The van der Waals surface area contributed by atoms with Gasteiger partial charge in [0, 0.05) is 18.2 Å². The normalized spacial score (nSPS) is 16.4. The van der Waals surface area contributed by atoms with Crippen LogP contribution in [0.15, 0.2) is 29.2 Å². The summed E-state index contributed by atoms with van der Waals surface area (Å²) in [6.45, 7) is 3.79. The molecule has 1 aromatic carbocycles. The maximum atomic E-state index is 11.5. The average molecular weight is 301 g/mol. The Bertz CT molecular complexity index is 538. The summed E-state index contributed by atoms with van der Waals surface area (Å²) in [6.07, 6.45) is 1.61. The van der Waals surface area contributed by atoms with Gasteiger partial charge in [-0.15, -0.1) is 0 Å². The van der Waals surface area contributed by atoms with Gasteiger partial charge in [-0.25, -0.2) is 8.42 Å². The minimum absolute atomic E-state index is 0.000574. The zero-order chi connectivity index (χ0) is 15.4. The summed E-state index contributed by atoms with van der Waals surface area (Å²) in [6, 6.07) is 6.43. The van der Waals surface area contributed by atoms with Crippen LogP contribution in [0.3, 0.4) is 0 Å². The van der Waals surface area contributed by atoms with E-state index in [9.17, 15) is 13.5 Å². The van der Waals surface area contributed by atoms with Crippen molar-refractivity contribution in [2.75, 3.05) is 19.9 Å². The number of hydrogen-bond acceptors (Lipinski definition) is 5. The summed E-state index contributed by atoms with van der Waals surface area (Å²) in [4.78, 5) is 0.237. The smallest absolute Gasteiger partial charge is 0.175 e. The highest BCUT2D eigenvalue weighted by molar-refractivity contribution is 7.90.